The van der Waals surface area contributed by atoms with E-state index in [1.165, 1.54) is 0 Å². The molecule has 238 valence electrons. The molecule has 0 saturated carbocycles. The molecule has 3 amide bonds. The summed E-state index contributed by atoms with van der Waals surface area (Å²) in [6, 6.07) is 17.2. The zero-order chi connectivity index (χ0) is 32.0. The third-order valence-corrected chi connectivity index (χ3v) is 7.20. The van der Waals surface area contributed by atoms with Crippen LogP contribution in [-0.2, 0) is 27.2 Å². The molecule has 10 nitrogen and oxygen atoms in total. The lowest BCUT2D eigenvalue weighted by molar-refractivity contribution is -0.133. The predicted molar refractivity (Wildman–Crippen MR) is 165 cm³/mol. The Hall–Kier alpha value is -3.47. The zero-order valence-electron chi connectivity index (χ0n) is 26.0. The van der Waals surface area contributed by atoms with E-state index in [1.807, 2.05) is 74.5 Å². The van der Waals surface area contributed by atoms with Crippen molar-refractivity contribution in [1.82, 2.24) is 16.0 Å². The molecule has 2 unspecified atom stereocenters. The summed E-state index contributed by atoms with van der Waals surface area (Å²) in [5, 5.41) is 38.6. The van der Waals surface area contributed by atoms with E-state index in [2.05, 4.69) is 16.0 Å². The smallest absolute Gasteiger partial charge is 0.407 e. The molecular weight excluding hydrogens is 550 g/mol. The predicted octanol–water partition coefficient (Wildman–Crippen LogP) is 2.73. The molecule has 0 saturated heterocycles. The molecule has 0 heterocycles. The average molecular weight is 600 g/mol. The molecule has 0 aromatic heterocycles. The maximum Gasteiger partial charge on any atom is 0.407 e. The minimum Gasteiger partial charge on any atom is -0.444 e. The Morgan fingerprint density at radius 3 is 1.93 bits per heavy atom. The first kappa shape index (κ1) is 35.7. The molecule has 2 aromatic rings. The van der Waals surface area contributed by atoms with E-state index in [9.17, 15) is 24.6 Å². The molecule has 0 fully saturated rings. The first-order chi connectivity index (χ1) is 20.3. The van der Waals surface area contributed by atoms with Crippen molar-refractivity contribution in [2.45, 2.75) is 90.2 Å². The number of hydrogen-bond donors (Lipinski definition) is 6. The molecule has 2 rings (SSSR count). The van der Waals surface area contributed by atoms with Gasteiger partial charge in [0.05, 0.1) is 24.9 Å². The van der Waals surface area contributed by atoms with Crippen LogP contribution in [0.3, 0.4) is 0 Å². The third-order valence-electron chi connectivity index (χ3n) is 7.20. The summed E-state index contributed by atoms with van der Waals surface area (Å²) in [6.07, 6.45) is -1.69. The Balaban J connectivity index is 2.31. The molecule has 0 aliphatic rings. The van der Waals surface area contributed by atoms with Gasteiger partial charge in [0.2, 0.25) is 11.8 Å². The quantitative estimate of drug-likeness (QED) is 0.173. The van der Waals surface area contributed by atoms with Crippen molar-refractivity contribution >= 4 is 17.9 Å². The number of alkyl carbamates (subject to hydrolysis) is 1. The lowest BCUT2D eigenvalue weighted by Crippen LogP contribution is -2.54. The van der Waals surface area contributed by atoms with Gasteiger partial charge < -0.3 is 36.0 Å². The number of carbonyl (C=O) groups is 3. The maximum atomic E-state index is 13.8. The Labute approximate surface area is 255 Å². The fourth-order valence-corrected chi connectivity index (χ4v) is 4.61. The van der Waals surface area contributed by atoms with E-state index >= 15 is 0 Å². The van der Waals surface area contributed by atoms with Gasteiger partial charge in [-0.15, -0.1) is 0 Å². The average Bonchev–Trinajstić information content (AvgIpc) is 2.97. The maximum absolute atomic E-state index is 13.8. The van der Waals surface area contributed by atoms with E-state index in [0.29, 0.717) is 19.3 Å². The van der Waals surface area contributed by atoms with Crippen molar-refractivity contribution in [2.24, 2.45) is 11.8 Å². The van der Waals surface area contributed by atoms with Gasteiger partial charge in [-0.05, 0) is 57.1 Å². The number of benzene rings is 2. The van der Waals surface area contributed by atoms with E-state index in [0.717, 1.165) is 11.1 Å². The molecular formula is C33H49N3O7. The highest BCUT2D eigenvalue weighted by molar-refractivity contribution is 5.88. The van der Waals surface area contributed by atoms with Gasteiger partial charge in [-0.3, -0.25) is 9.59 Å². The number of amides is 3. The Kier molecular flexibility index (Phi) is 14.6. The number of ether oxygens (including phenoxy) is 1. The van der Waals surface area contributed by atoms with E-state index < -0.39 is 60.3 Å². The lowest BCUT2D eigenvalue weighted by atomic mass is 9.88. The molecule has 0 aliphatic carbocycles. The Morgan fingerprint density at radius 2 is 1.42 bits per heavy atom. The van der Waals surface area contributed by atoms with Crippen LogP contribution in [0.2, 0.25) is 0 Å². The monoisotopic (exact) mass is 599 g/mol. The summed E-state index contributed by atoms with van der Waals surface area (Å²) >= 11 is 0. The number of aliphatic hydroxyl groups is 3. The topological polar surface area (TPSA) is 157 Å². The van der Waals surface area contributed by atoms with Crippen molar-refractivity contribution in [2.75, 3.05) is 13.2 Å². The van der Waals surface area contributed by atoms with Crippen molar-refractivity contribution in [3.8, 4) is 0 Å². The first-order valence-electron chi connectivity index (χ1n) is 14.9. The molecule has 10 heteroatoms. The number of nitrogens with one attached hydrogen (secondary N) is 3. The van der Waals surface area contributed by atoms with Gasteiger partial charge in [0.25, 0.3) is 0 Å². The number of rotatable bonds is 16. The summed E-state index contributed by atoms with van der Waals surface area (Å²) in [4.78, 5) is 39.6. The van der Waals surface area contributed by atoms with E-state index in [1.54, 1.807) is 20.8 Å². The van der Waals surface area contributed by atoms with Crippen LogP contribution >= 0.6 is 0 Å². The second-order valence-corrected chi connectivity index (χ2v) is 12.1. The van der Waals surface area contributed by atoms with Crippen molar-refractivity contribution in [3.63, 3.8) is 0 Å². The van der Waals surface area contributed by atoms with E-state index in [-0.39, 0.29) is 18.9 Å². The zero-order valence-corrected chi connectivity index (χ0v) is 26.0. The molecule has 0 spiro atoms. The summed E-state index contributed by atoms with van der Waals surface area (Å²) in [6.45, 7) is 8.36. The first-order valence-corrected chi connectivity index (χ1v) is 14.9. The van der Waals surface area contributed by atoms with Gasteiger partial charge >= 0.3 is 6.09 Å². The molecule has 0 bridgehead atoms. The van der Waals surface area contributed by atoms with Crippen LogP contribution in [-0.4, -0.2) is 76.3 Å². The van der Waals surface area contributed by atoms with Gasteiger partial charge in [0.15, 0.2) is 0 Å². The lowest BCUT2D eigenvalue weighted by Gasteiger charge is -2.30. The van der Waals surface area contributed by atoms with E-state index in [4.69, 9.17) is 9.84 Å². The molecule has 6 atom stereocenters. The fourth-order valence-electron chi connectivity index (χ4n) is 4.61. The minimum absolute atomic E-state index is 0.00605. The molecule has 0 aliphatic heterocycles. The van der Waals surface area contributed by atoms with Crippen LogP contribution in [0.15, 0.2) is 60.7 Å². The highest BCUT2D eigenvalue weighted by Gasteiger charge is 2.33. The number of aliphatic hydroxyl groups excluding tert-OH is 3. The summed E-state index contributed by atoms with van der Waals surface area (Å²) < 4.78 is 5.45. The van der Waals surface area contributed by atoms with Crippen LogP contribution in [0.5, 0.6) is 0 Å². The van der Waals surface area contributed by atoms with Crippen molar-refractivity contribution < 1.29 is 34.4 Å². The van der Waals surface area contributed by atoms with Crippen LogP contribution in [0.1, 0.15) is 58.6 Å². The van der Waals surface area contributed by atoms with Gasteiger partial charge in [-0.1, -0.05) is 80.9 Å². The Bertz CT molecular complexity index is 1120. The molecule has 2 aromatic carbocycles. The fraction of sp³-hybridized carbons (Fsp3) is 0.545. The van der Waals surface area contributed by atoms with Crippen molar-refractivity contribution in [1.29, 1.82) is 0 Å². The summed E-state index contributed by atoms with van der Waals surface area (Å²) in [7, 11) is 0. The Morgan fingerprint density at radius 1 is 0.860 bits per heavy atom. The SMILES string of the molecule is CCC(C)[C@H](NC(=O)[C@H](Cc1ccccc1)C[C@H](O)[C@H](Cc1ccccc1)NC(=O)OC(C)(C)C)C(=O)NCC(O)CO. The van der Waals surface area contributed by atoms with Crippen LogP contribution < -0.4 is 16.0 Å². The van der Waals surface area contributed by atoms with Gasteiger partial charge in [-0.25, -0.2) is 4.79 Å². The second-order valence-electron chi connectivity index (χ2n) is 12.1. The molecule has 0 radical (unpaired) electrons. The molecule has 6 N–H and O–H groups in total. The van der Waals surface area contributed by atoms with Crippen LogP contribution in [0.4, 0.5) is 4.79 Å². The largest absolute Gasteiger partial charge is 0.444 e. The highest BCUT2D eigenvalue weighted by atomic mass is 16.6. The van der Waals surface area contributed by atoms with Crippen molar-refractivity contribution in [3.05, 3.63) is 71.8 Å². The van der Waals surface area contributed by atoms with Crippen LogP contribution in [0.25, 0.3) is 0 Å². The van der Waals surface area contributed by atoms with Gasteiger partial charge in [0.1, 0.15) is 11.6 Å². The summed E-state index contributed by atoms with van der Waals surface area (Å²) in [5.74, 6) is -1.85. The van der Waals surface area contributed by atoms with Gasteiger partial charge in [0, 0.05) is 12.5 Å². The number of carbonyl (C=O) groups excluding carboxylic acids is 3. The van der Waals surface area contributed by atoms with Crippen LogP contribution in [0, 0.1) is 11.8 Å². The second kappa shape index (κ2) is 17.6. The normalized spacial score (nSPS) is 15.7. The summed E-state index contributed by atoms with van der Waals surface area (Å²) in [5.41, 5.74) is 1.04. The van der Waals surface area contributed by atoms with Gasteiger partial charge in [-0.2, -0.15) is 0 Å². The molecule has 43 heavy (non-hydrogen) atoms. The number of hydrogen-bond acceptors (Lipinski definition) is 7. The third kappa shape index (κ3) is 13.1. The standard InChI is InChI=1S/C33H49N3O7/c1-6-22(2)29(31(41)34-20-26(38)21-37)36-30(40)25(17-23-13-9-7-10-14-23)19-28(39)27(18-24-15-11-8-12-16-24)35-32(42)43-33(3,4)5/h7-16,22,25-29,37-39H,6,17-21H2,1-5H3,(H,34,41)(H,35,42)(H,36,40)/t22?,25-,26?,27+,28+,29+/m1/s1. The highest BCUT2D eigenvalue weighted by Crippen LogP contribution is 2.20. The minimum atomic E-state index is -1.12.